The molecule has 4 rings (SSSR count). The van der Waals surface area contributed by atoms with Crippen LogP contribution in [0.5, 0.6) is 0 Å². The first-order valence-electron chi connectivity index (χ1n) is 13.0. The third-order valence-corrected chi connectivity index (χ3v) is 7.24. The van der Waals surface area contributed by atoms with Gasteiger partial charge in [-0.05, 0) is 68.3 Å². The highest BCUT2D eigenvalue weighted by Crippen LogP contribution is 2.29. The third-order valence-electron chi connectivity index (χ3n) is 7.24. The van der Waals surface area contributed by atoms with Gasteiger partial charge in [-0.1, -0.05) is 31.7 Å². The van der Waals surface area contributed by atoms with Gasteiger partial charge in [0.25, 0.3) is 5.91 Å². The molecule has 38 heavy (non-hydrogen) atoms. The predicted molar refractivity (Wildman–Crippen MR) is 148 cm³/mol. The number of ether oxygens (including phenoxy) is 1. The zero-order valence-electron chi connectivity index (χ0n) is 22.5. The molecule has 3 aliphatic rings. The second-order valence-electron chi connectivity index (χ2n) is 9.56. The fourth-order valence-electron chi connectivity index (χ4n) is 5.06. The lowest BCUT2D eigenvalue weighted by molar-refractivity contribution is -0.137. The second kappa shape index (κ2) is 11.6. The monoisotopic (exact) mass is 518 g/mol. The topological polar surface area (TPSA) is 65.5 Å². The highest BCUT2D eigenvalue weighted by molar-refractivity contribution is 6.43. The van der Waals surface area contributed by atoms with Crippen LogP contribution in [0, 0.1) is 5.82 Å². The average Bonchev–Trinajstić information content (AvgIpc) is 3.38. The van der Waals surface area contributed by atoms with Crippen molar-refractivity contribution in [2.75, 3.05) is 26.7 Å². The van der Waals surface area contributed by atoms with Crippen LogP contribution < -0.4 is 0 Å². The van der Waals surface area contributed by atoms with Crippen LogP contribution >= 0.6 is 0 Å². The summed E-state index contributed by atoms with van der Waals surface area (Å²) in [5, 5.41) is 0. The molecule has 0 bridgehead atoms. The molecule has 1 aromatic rings. The Hall–Kier alpha value is -3.94. The van der Waals surface area contributed by atoms with Gasteiger partial charge in [0.1, 0.15) is 17.3 Å². The fraction of sp³-hybridized carbons (Fsp3) is 0.367. The van der Waals surface area contributed by atoms with Crippen molar-refractivity contribution in [2.24, 2.45) is 4.99 Å². The molecule has 0 saturated carbocycles. The number of allylic oxidation sites excluding steroid dienone is 3. The van der Waals surface area contributed by atoms with Crippen molar-refractivity contribution in [3.05, 3.63) is 83.7 Å². The van der Waals surface area contributed by atoms with Crippen molar-refractivity contribution < 1.29 is 18.7 Å². The van der Waals surface area contributed by atoms with E-state index in [1.807, 2.05) is 29.8 Å². The van der Waals surface area contributed by atoms with Gasteiger partial charge in [-0.25, -0.2) is 14.2 Å². The van der Waals surface area contributed by atoms with Crippen molar-refractivity contribution in [1.29, 1.82) is 0 Å². The summed E-state index contributed by atoms with van der Waals surface area (Å²) in [6.45, 7) is 11.6. The smallest absolute Gasteiger partial charge is 0.330 e. The van der Waals surface area contributed by atoms with Crippen molar-refractivity contribution >= 4 is 29.2 Å². The molecule has 2 atom stereocenters. The number of benzene rings is 1. The largest absolute Gasteiger partial charge is 0.463 e. The Morgan fingerprint density at radius 3 is 2.76 bits per heavy atom. The van der Waals surface area contributed by atoms with Crippen LogP contribution in [0.3, 0.4) is 0 Å². The summed E-state index contributed by atoms with van der Waals surface area (Å²) in [6, 6.07) is 5.03. The third kappa shape index (κ3) is 5.64. The number of hydrogen-bond acceptors (Lipinski definition) is 6. The molecule has 1 amide bonds. The number of esters is 1. The van der Waals surface area contributed by atoms with Crippen LogP contribution in [0.1, 0.15) is 44.7 Å². The Balaban J connectivity index is 1.56. The minimum absolute atomic E-state index is 0.0694. The number of carbonyl (C=O) groups excluding carboxylic acids is 2. The fourth-order valence-corrected chi connectivity index (χ4v) is 5.06. The van der Waals surface area contributed by atoms with Gasteiger partial charge in [0.15, 0.2) is 0 Å². The number of amides is 1. The Morgan fingerprint density at radius 1 is 1.26 bits per heavy atom. The summed E-state index contributed by atoms with van der Waals surface area (Å²) in [6.07, 6.45) is 12.2. The molecule has 7 nitrogen and oxygen atoms in total. The van der Waals surface area contributed by atoms with Gasteiger partial charge < -0.3 is 19.4 Å². The summed E-state index contributed by atoms with van der Waals surface area (Å²) < 4.78 is 19.9. The summed E-state index contributed by atoms with van der Waals surface area (Å²) in [5.41, 5.74) is 2.59. The number of piperazine rings is 1. The van der Waals surface area contributed by atoms with Gasteiger partial charge >= 0.3 is 5.97 Å². The van der Waals surface area contributed by atoms with Crippen LogP contribution in [-0.2, 0) is 14.3 Å². The molecule has 2 unspecified atom stereocenters. The number of hydrogen-bond donors (Lipinski definition) is 0. The van der Waals surface area contributed by atoms with Gasteiger partial charge in [0, 0.05) is 43.5 Å². The molecule has 3 aliphatic heterocycles. The molecule has 1 aromatic carbocycles. The molecule has 3 heterocycles. The SMILES string of the molecule is C=C(/C=C1/N=C(C(=O)N2CCN3C=CCC3C2C)C=C(CC)N1C)c1ccc(/C=C/C(=O)OCC)cc1F. The maximum Gasteiger partial charge on any atom is 0.330 e. The second-order valence-corrected chi connectivity index (χ2v) is 9.56. The predicted octanol–water partition coefficient (Wildman–Crippen LogP) is 4.76. The minimum atomic E-state index is -0.481. The number of nitrogens with zero attached hydrogens (tertiary/aromatic N) is 4. The Labute approximate surface area is 224 Å². The van der Waals surface area contributed by atoms with E-state index in [0.717, 1.165) is 18.7 Å². The first-order chi connectivity index (χ1) is 18.2. The van der Waals surface area contributed by atoms with E-state index in [1.165, 1.54) is 18.2 Å². The molecule has 0 aliphatic carbocycles. The molecule has 0 aromatic heterocycles. The van der Waals surface area contributed by atoms with E-state index in [2.05, 4.69) is 30.7 Å². The maximum absolute atomic E-state index is 15.0. The first kappa shape index (κ1) is 27.1. The van der Waals surface area contributed by atoms with E-state index in [4.69, 9.17) is 9.73 Å². The van der Waals surface area contributed by atoms with E-state index in [-0.39, 0.29) is 18.6 Å². The molecule has 1 fully saturated rings. The zero-order valence-corrected chi connectivity index (χ0v) is 22.5. The van der Waals surface area contributed by atoms with Crippen LogP contribution in [-0.4, -0.2) is 71.1 Å². The van der Waals surface area contributed by atoms with Gasteiger partial charge in [-0.3, -0.25) is 4.79 Å². The first-order valence-corrected chi connectivity index (χ1v) is 13.0. The molecule has 0 spiro atoms. The summed E-state index contributed by atoms with van der Waals surface area (Å²) in [5.74, 6) is -0.522. The molecular weight excluding hydrogens is 483 g/mol. The van der Waals surface area contributed by atoms with Gasteiger partial charge in [0.2, 0.25) is 0 Å². The van der Waals surface area contributed by atoms with Crippen molar-refractivity contribution in [3.63, 3.8) is 0 Å². The number of aliphatic imine (C=N–C) groups is 1. The number of halogens is 1. The molecule has 8 heteroatoms. The molecular formula is C30H35FN4O3. The maximum atomic E-state index is 15.0. The molecule has 200 valence electrons. The van der Waals surface area contributed by atoms with Gasteiger partial charge in [-0.15, -0.1) is 0 Å². The molecule has 0 N–H and O–H groups in total. The lowest BCUT2D eigenvalue weighted by Gasteiger charge is -2.44. The summed E-state index contributed by atoms with van der Waals surface area (Å²) >= 11 is 0. The Kier molecular flexibility index (Phi) is 8.29. The number of carbonyl (C=O) groups is 2. The van der Waals surface area contributed by atoms with Gasteiger partial charge in [0.05, 0.1) is 12.6 Å². The van der Waals surface area contributed by atoms with Crippen molar-refractivity contribution in [3.8, 4) is 0 Å². The normalized spacial score (nSPS) is 22.0. The van der Waals surface area contributed by atoms with E-state index in [1.54, 1.807) is 25.1 Å². The quantitative estimate of drug-likeness (QED) is 0.385. The number of fused-ring (bicyclic) bond motifs is 1. The average molecular weight is 519 g/mol. The van der Waals surface area contributed by atoms with Crippen molar-refractivity contribution in [1.82, 2.24) is 14.7 Å². The number of rotatable bonds is 7. The van der Waals surface area contributed by atoms with Gasteiger partial charge in [-0.2, -0.15) is 0 Å². The molecule has 1 saturated heterocycles. The van der Waals surface area contributed by atoms with E-state index >= 15 is 0 Å². The van der Waals surface area contributed by atoms with Crippen LogP contribution in [0.15, 0.2) is 71.8 Å². The minimum Gasteiger partial charge on any atom is -0.463 e. The van der Waals surface area contributed by atoms with E-state index in [9.17, 15) is 14.0 Å². The van der Waals surface area contributed by atoms with E-state index in [0.29, 0.717) is 47.2 Å². The zero-order chi connectivity index (χ0) is 27.4. The van der Waals surface area contributed by atoms with Crippen LogP contribution in [0.4, 0.5) is 4.39 Å². The lowest BCUT2D eigenvalue weighted by atomic mass is 10.0. The lowest BCUT2D eigenvalue weighted by Crippen LogP contribution is -2.58. The Bertz CT molecular complexity index is 1280. The summed E-state index contributed by atoms with van der Waals surface area (Å²) in [7, 11) is 1.88. The standard InChI is InChI=1S/C30H35FN4O3/c1-6-23-19-26(30(37)35-16-15-34-14-8-9-27(34)21(35)4)32-28(33(23)5)17-20(3)24-12-10-22(18-25(24)31)11-13-29(36)38-7-2/h8,10-14,17-19,21,27H,3,6-7,9,15-16H2,1-2,4-5H3/b13-11+,28-17-. The highest BCUT2D eigenvalue weighted by Gasteiger charge is 2.37. The van der Waals surface area contributed by atoms with Crippen molar-refractivity contribution in [2.45, 2.75) is 45.7 Å². The Morgan fingerprint density at radius 2 is 2.05 bits per heavy atom. The van der Waals surface area contributed by atoms with Crippen LogP contribution in [0.25, 0.3) is 11.6 Å². The summed E-state index contributed by atoms with van der Waals surface area (Å²) in [4.78, 5) is 36.0. The van der Waals surface area contributed by atoms with Crippen LogP contribution in [0.2, 0.25) is 0 Å². The highest BCUT2D eigenvalue weighted by atomic mass is 19.1. The molecule has 0 radical (unpaired) electrons. The van der Waals surface area contributed by atoms with E-state index < -0.39 is 11.8 Å².